The van der Waals surface area contributed by atoms with Crippen molar-refractivity contribution in [1.29, 1.82) is 0 Å². The van der Waals surface area contributed by atoms with Crippen molar-refractivity contribution in [2.24, 2.45) is 0 Å². The third-order valence-electron chi connectivity index (χ3n) is 4.94. The summed E-state index contributed by atoms with van der Waals surface area (Å²) < 4.78 is 13.3. The van der Waals surface area contributed by atoms with E-state index in [0.29, 0.717) is 0 Å². The molecule has 0 saturated carbocycles. The SMILES string of the molecule is CCCO[Si](OCCC)(c1cccc(C)c1C)c1cccc(C)c1C. The Hall–Kier alpha value is -1.42. The molecular formula is C22H32O2Si. The van der Waals surface area contributed by atoms with Gasteiger partial charge >= 0.3 is 8.56 Å². The van der Waals surface area contributed by atoms with Gasteiger partial charge in [0, 0.05) is 23.6 Å². The van der Waals surface area contributed by atoms with Gasteiger partial charge in [0.15, 0.2) is 0 Å². The lowest BCUT2D eigenvalue weighted by Crippen LogP contribution is -2.65. The standard InChI is InChI=1S/C22H32O2Si/c1-7-15-23-25(24-16-8-2,21-13-9-11-17(3)19(21)5)22-14-10-12-18(4)20(22)6/h9-14H,7-8,15-16H2,1-6H3. The van der Waals surface area contributed by atoms with Gasteiger partial charge in [0.05, 0.1) is 0 Å². The fourth-order valence-corrected chi connectivity index (χ4v) is 7.20. The topological polar surface area (TPSA) is 18.5 Å². The van der Waals surface area contributed by atoms with Crippen molar-refractivity contribution in [1.82, 2.24) is 0 Å². The highest BCUT2D eigenvalue weighted by atomic mass is 28.4. The molecule has 0 aliphatic carbocycles. The van der Waals surface area contributed by atoms with Crippen LogP contribution in [0.1, 0.15) is 48.9 Å². The molecule has 0 fully saturated rings. The second-order valence-electron chi connectivity index (χ2n) is 6.81. The average Bonchev–Trinajstić information content (AvgIpc) is 2.61. The number of benzene rings is 2. The molecule has 2 rings (SSSR count). The van der Waals surface area contributed by atoms with Crippen LogP contribution in [-0.2, 0) is 8.85 Å². The number of hydrogen-bond acceptors (Lipinski definition) is 2. The zero-order chi connectivity index (χ0) is 18.4. The van der Waals surface area contributed by atoms with Crippen LogP contribution in [0.15, 0.2) is 36.4 Å². The summed E-state index contributed by atoms with van der Waals surface area (Å²) >= 11 is 0. The van der Waals surface area contributed by atoms with Gasteiger partial charge in [-0.15, -0.1) is 0 Å². The van der Waals surface area contributed by atoms with Crippen LogP contribution in [-0.4, -0.2) is 21.8 Å². The molecule has 0 radical (unpaired) electrons. The van der Waals surface area contributed by atoms with E-state index in [2.05, 4.69) is 77.9 Å². The van der Waals surface area contributed by atoms with Crippen LogP contribution in [0.25, 0.3) is 0 Å². The zero-order valence-electron chi connectivity index (χ0n) is 16.6. The van der Waals surface area contributed by atoms with Crippen molar-refractivity contribution in [3.8, 4) is 0 Å². The van der Waals surface area contributed by atoms with E-state index in [1.54, 1.807) is 0 Å². The van der Waals surface area contributed by atoms with Gasteiger partial charge in [0.25, 0.3) is 0 Å². The molecule has 0 spiro atoms. The molecular weight excluding hydrogens is 324 g/mol. The van der Waals surface area contributed by atoms with Crippen molar-refractivity contribution in [2.45, 2.75) is 54.4 Å². The molecule has 2 aromatic rings. The molecule has 0 amide bonds. The van der Waals surface area contributed by atoms with Crippen LogP contribution in [0, 0.1) is 27.7 Å². The maximum atomic E-state index is 6.64. The number of hydrogen-bond donors (Lipinski definition) is 0. The van der Waals surface area contributed by atoms with E-state index in [0.717, 1.165) is 26.1 Å². The van der Waals surface area contributed by atoms with E-state index in [4.69, 9.17) is 8.85 Å². The van der Waals surface area contributed by atoms with E-state index < -0.39 is 8.56 Å². The summed E-state index contributed by atoms with van der Waals surface area (Å²) in [6.45, 7) is 14.5. The van der Waals surface area contributed by atoms with Crippen LogP contribution in [0.5, 0.6) is 0 Å². The molecule has 0 aliphatic heterocycles. The summed E-state index contributed by atoms with van der Waals surface area (Å²) in [5.74, 6) is 0. The molecule has 0 aromatic heterocycles. The molecule has 3 heteroatoms. The van der Waals surface area contributed by atoms with Gasteiger partial charge in [0.1, 0.15) is 0 Å². The molecule has 0 unspecified atom stereocenters. The Balaban J connectivity index is 2.75. The smallest absolute Gasteiger partial charge is 0.388 e. The monoisotopic (exact) mass is 356 g/mol. The predicted octanol–water partition coefficient (Wildman–Crippen LogP) is 4.33. The first kappa shape index (κ1) is 19.9. The first-order valence-electron chi connectivity index (χ1n) is 9.39. The van der Waals surface area contributed by atoms with E-state index >= 15 is 0 Å². The lowest BCUT2D eigenvalue weighted by molar-refractivity contribution is 0.191. The Labute approximate surface area is 154 Å². The third-order valence-corrected chi connectivity index (χ3v) is 8.66. The molecule has 0 bridgehead atoms. The van der Waals surface area contributed by atoms with E-state index in [9.17, 15) is 0 Å². The van der Waals surface area contributed by atoms with Crippen LogP contribution in [0.2, 0.25) is 0 Å². The number of rotatable bonds is 8. The average molecular weight is 357 g/mol. The summed E-state index contributed by atoms with van der Waals surface area (Å²) in [6.07, 6.45) is 1.97. The molecule has 0 atom stereocenters. The van der Waals surface area contributed by atoms with Gasteiger partial charge in [-0.2, -0.15) is 0 Å². The molecule has 2 aromatic carbocycles. The zero-order valence-corrected chi connectivity index (χ0v) is 17.6. The first-order valence-corrected chi connectivity index (χ1v) is 11.2. The Bertz CT molecular complexity index is 648. The van der Waals surface area contributed by atoms with Gasteiger partial charge < -0.3 is 8.85 Å². The van der Waals surface area contributed by atoms with Gasteiger partial charge in [-0.05, 0) is 62.8 Å². The highest BCUT2D eigenvalue weighted by molar-refractivity contribution is 6.93. The normalized spacial score (nSPS) is 11.8. The van der Waals surface area contributed by atoms with Crippen molar-refractivity contribution < 1.29 is 8.85 Å². The predicted molar refractivity (Wildman–Crippen MR) is 109 cm³/mol. The Kier molecular flexibility index (Phi) is 7.00. The fraction of sp³-hybridized carbons (Fsp3) is 0.455. The molecule has 0 saturated heterocycles. The van der Waals surface area contributed by atoms with Gasteiger partial charge in [-0.25, -0.2) is 0 Å². The van der Waals surface area contributed by atoms with Crippen LogP contribution < -0.4 is 10.4 Å². The van der Waals surface area contributed by atoms with Crippen LogP contribution in [0.3, 0.4) is 0 Å². The quantitative estimate of drug-likeness (QED) is 0.656. The van der Waals surface area contributed by atoms with E-state index in [1.165, 1.54) is 32.6 Å². The van der Waals surface area contributed by atoms with Crippen molar-refractivity contribution >= 4 is 18.9 Å². The number of aryl methyl sites for hydroxylation is 2. The van der Waals surface area contributed by atoms with E-state index in [1.807, 2.05) is 0 Å². The third kappa shape index (κ3) is 4.05. The van der Waals surface area contributed by atoms with Crippen LogP contribution >= 0.6 is 0 Å². The highest BCUT2D eigenvalue weighted by Gasteiger charge is 2.45. The second kappa shape index (κ2) is 8.79. The molecule has 2 nitrogen and oxygen atoms in total. The summed E-state index contributed by atoms with van der Waals surface area (Å²) in [6, 6.07) is 13.0. The molecule has 136 valence electrons. The van der Waals surface area contributed by atoms with Crippen molar-refractivity contribution in [3.05, 3.63) is 58.7 Å². The highest BCUT2D eigenvalue weighted by Crippen LogP contribution is 2.18. The van der Waals surface area contributed by atoms with Gasteiger partial charge in [0.2, 0.25) is 0 Å². The maximum Gasteiger partial charge on any atom is 0.407 e. The summed E-state index contributed by atoms with van der Waals surface area (Å²) in [7, 11) is -2.74. The van der Waals surface area contributed by atoms with Crippen molar-refractivity contribution in [2.75, 3.05) is 13.2 Å². The Morgan fingerprint density at radius 2 is 1.08 bits per heavy atom. The first-order chi connectivity index (χ1) is 12.0. The summed E-state index contributed by atoms with van der Waals surface area (Å²) in [4.78, 5) is 0. The van der Waals surface area contributed by atoms with E-state index in [-0.39, 0.29) is 0 Å². The Morgan fingerprint density at radius 1 is 0.680 bits per heavy atom. The summed E-state index contributed by atoms with van der Waals surface area (Å²) in [5.41, 5.74) is 5.17. The minimum atomic E-state index is -2.74. The van der Waals surface area contributed by atoms with Crippen molar-refractivity contribution in [3.63, 3.8) is 0 Å². The molecule has 0 heterocycles. The van der Waals surface area contributed by atoms with Gasteiger partial charge in [-0.1, -0.05) is 50.2 Å². The fourth-order valence-electron chi connectivity index (χ4n) is 3.20. The maximum absolute atomic E-state index is 6.64. The van der Waals surface area contributed by atoms with Crippen LogP contribution in [0.4, 0.5) is 0 Å². The summed E-state index contributed by atoms with van der Waals surface area (Å²) in [5, 5.41) is 2.51. The second-order valence-corrected chi connectivity index (χ2v) is 9.70. The lowest BCUT2D eigenvalue weighted by Gasteiger charge is -2.34. The molecule has 0 aliphatic rings. The minimum absolute atomic E-state index is 0.719. The molecule has 25 heavy (non-hydrogen) atoms. The largest absolute Gasteiger partial charge is 0.407 e. The molecule has 0 N–H and O–H groups in total. The lowest BCUT2D eigenvalue weighted by atomic mass is 10.1. The Morgan fingerprint density at radius 3 is 1.44 bits per heavy atom. The van der Waals surface area contributed by atoms with Gasteiger partial charge in [-0.3, -0.25) is 0 Å². The minimum Gasteiger partial charge on any atom is -0.388 e.